The summed E-state index contributed by atoms with van der Waals surface area (Å²) in [6, 6.07) is 4.50. The van der Waals surface area contributed by atoms with Crippen LogP contribution in [0.15, 0.2) is 18.2 Å². The maximum absolute atomic E-state index is 11.3. The van der Waals surface area contributed by atoms with Crippen molar-refractivity contribution in [2.45, 2.75) is 12.3 Å². The number of ketones is 1. The maximum Gasteiger partial charge on any atom is 0.337 e. The summed E-state index contributed by atoms with van der Waals surface area (Å²) in [5.74, 6) is -0.726. The molecule has 0 aliphatic rings. The Kier molecular flexibility index (Phi) is 4.33. The van der Waals surface area contributed by atoms with E-state index < -0.39 is 11.3 Å². The van der Waals surface area contributed by atoms with Crippen molar-refractivity contribution in [1.82, 2.24) is 0 Å². The normalized spacial score (nSPS) is 12.0. The van der Waals surface area contributed by atoms with Gasteiger partial charge in [0.15, 0.2) is 5.78 Å². The van der Waals surface area contributed by atoms with Gasteiger partial charge in [0, 0.05) is 5.02 Å². The molecule has 0 N–H and O–H groups in total. The van der Waals surface area contributed by atoms with E-state index in [2.05, 4.69) is 4.74 Å². The number of carbonyl (C=O) groups is 2. The van der Waals surface area contributed by atoms with Gasteiger partial charge in [0.2, 0.25) is 0 Å². The van der Waals surface area contributed by atoms with Crippen LogP contribution in [0, 0.1) is 0 Å². The molecule has 3 nitrogen and oxygen atoms in total. The molecule has 1 aromatic rings. The number of carbonyl (C=O) groups excluding carboxylic acids is 2. The first-order chi connectivity index (χ1) is 7.47. The molecule has 1 unspecified atom stereocenters. The molecule has 0 spiro atoms. The van der Waals surface area contributed by atoms with E-state index in [1.165, 1.54) is 32.2 Å². The Morgan fingerprint density at radius 1 is 1.38 bits per heavy atom. The van der Waals surface area contributed by atoms with Crippen LogP contribution in [0.3, 0.4) is 0 Å². The molecule has 16 heavy (non-hydrogen) atoms. The number of hydrogen-bond acceptors (Lipinski definition) is 3. The lowest BCUT2D eigenvalue weighted by atomic mass is 10.1. The lowest BCUT2D eigenvalue weighted by molar-refractivity contribution is -0.116. The fourth-order valence-electron chi connectivity index (χ4n) is 1.20. The fraction of sp³-hybridized carbons (Fsp3) is 0.273. The van der Waals surface area contributed by atoms with Gasteiger partial charge in [0.25, 0.3) is 0 Å². The second-order valence-electron chi connectivity index (χ2n) is 3.20. The third-order valence-electron chi connectivity index (χ3n) is 2.05. The average Bonchev–Trinajstić information content (AvgIpc) is 2.27. The number of ether oxygens (including phenoxy) is 1. The molecule has 0 radical (unpaired) electrons. The van der Waals surface area contributed by atoms with E-state index in [1.807, 2.05) is 0 Å². The molecule has 0 aliphatic carbocycles. The summed E-state index contributed by atoms with van der Waals surface area (Å²) in [6.45, 7) is 1.36. The maximum atomic E-state index is 11.3. The Morgan fingerprint density at radius 3 is 2.50 bits per heavy atom. The molecule has 5 heteroatoms. The van der Waals surface area contributed by atoms with Crippen molar-refractivity contribution < 1.29 is 14.3 Å². The van der Waals surface area contributed by atoms with Gasteiger partial charge in [-0.2, -0.15) is 0 Å². The first-order valence-electron chi connectivity index (χ1n) is 4.49. The van der Waals surface area contributed by atoms with Gasteiger partial charge in [-0.15, -0.1) is 11.6 Å². The fourth-order valence-corrected chi connectivity index (χ4v) is 1.66. The monoisotopic (exact) mass is 260 g/mol. The Labute approximate surface area is 103 Å². The van der Waals surface area contributed by atoms with Crippen molar-refractivity contribution in [3.05, 3.63) is 34.3 Å². The van der Waals surface area contributed by atoms with Crippen LogP contribution in [0.25, 0.3) is 0 Å². The third-order valence-corrected chi connectivity index (χ3v) is 2.93. The number of hydrogen-bond donors (Lipinski definition) is 0. The molecule has 1 aromatic carbocycles. The standard InChI is InChI=1S/C11H10Cl2O3/c1-6(14)10(13)8-5-7(11(15)16-2)3-4-9(8)12/h3-5,10H,1-2H3. The molecule has 0 heterocycles. The van der Waals surface area contributed by atoms with Crippen LogP contribution in [0.4, 0.5) is 0 Å². The summed E-state index contributed by atoms with van der Waals surface area (Å²) >= 11 is 11.8. The van der Waals surface area contributed by atoms with E-state index in [4.69, 9.17) is 23.2 Å². The molecule has 0 aromatic heterocycles. The zero-order chi connectivity index (χ0) is 12.3. The largest absolute Gasteiger partial charge is 0.465 e. The van der Waals surface area contributed by atoms with E-state index in [1.54, 1.807) is 0 Å². The van der Waals surface area contributed by atoms with Crippen molar-refractivity contribution in [3.8, 4) is 0 Å². The van der Waals surface area contributed by atoms with Gasteiger partial charge in [-0.1, -0.05) is 11.6 Å². The number of halogens is 2. The van der Waals surface area contributed by atoms with Gasteiger partial charge in [-0.25, -0.2) is 4.79 Å². The predicted octanol–water partition coefficient (Wildman–Crippen LogP) is 3.00. The van der Waals surface area contributed by atoms with Crippen LogP contribution < -0.4 is 0 Å². The lowest BCUT2D eigenvalue weighted by Gasteiger charge is -2.09. The van der Waals surface area contributed by atoms with Crippen molar-refractivity contribution in [2.24, 2.45) is 0 Å². The minimum atomic E-state index is -0.850. The Balaban J connectivity index is 3.18. The van der Waals surface area contributed by atoms with Crippen LogP contribution in [0.1, 0.15) is 28.2 Å². The van der Waals surface area contributed by atoms with E-state index >= 15 is 0 Å². The molecule has 0 aliphatic heterocycles. The lowest BCUT2D eigenvalue weighted by Crippen LogP contribution is -2.06. The number of esters is 1. The summed E-state index contributed by atoms with van der Waals surface area (Å²) in [5, 5.41) is -0.500. The summed E-state index contributed by atoms with van der Waals surface area (Å²) in [7, 11) is 1.28. The molecule has 1 atom stereocenters. The molecule has 86 valence electrons. The van der Waals surface area contributed by atoms with Crippen LogP contribution in [-0.2, 0) is 9.53 Å². The van der Waals surface area contributed by atoms with Gasteiger partial charge < -0.3 is 4.74 Å². The highest BCUT2D eigenvalue weighted by Gasteiger charge is 2.18. The van der Waals surface area contributed by atoms with Crippen LogP contribution in [0.5, 0.6) is 0 Å². The van der Waals surface area contributed by atoms with Crippen molar-refractivity contribution in [3.63, 3.8) is 0 Å². The summed E-state index contributed by atoms with van der Waals surface area (Å²) < 4.78 is 4.56. The van der Waals surface area contributed by atoms with E-state index in [-0.39, 0.29) is 5.78 Å². The molecule has 0 saturated heterocycles. The minimum Gasteiger partial charge on any atom is -0.465 e. The molecule has 0 saturated carbocycles. The average molecular weight is 261 g/mol. The van der Waals surface area contributed by atoms with Crippen LogP contribution in [-0.4, -0.2) is 18.9 Å². The summed E-state index contributed by atoms with van der Waals surface area (Å²) in [4.78, 5) is 22.4. The van der Waals surface area contributed by atoms with Crippen LogP contribution in [0.2, 0.25) is 5.02 Å². The van der Waals surface area contributed by atoms with Crippen molar-refractivity contribution in [2.75, 3.05) is 7.11 Å². The number of methoxy groups -OCH3 is 1. The topological polar surface area (TPSA) is 43.4 Å². The van der Waals surface area contributed by atoms with Gasteiger partial charge in [-0.3, -0.25) is 4.79 Å². The van der Waals surface area contributed by atoms with E-state index in [0.29, 0.717) is 16.1 Å². The highest BCUT2D eigenvalue weighted by atomic mass is 35.5. The van der Waals surface area contributed by atoms with Gasteiger partial charge in [0.1, 0.15) is 5.38 Å². The molecule has 0 bridgehead atoms. The van der Waals surface area contributed by atoms with Crippen molar-refractivity contribution in [1.29, 1.82) is 0 Å². The van der Waals surface area contributed by atoms with Gasteiger partial charge in [-0.05, 0) is 30.7 Å². The van der Waals surface area contributed by atoms with E-state index in [0.717, 1.165) is 0 Å². The van der Waals surface area contributed by atoms with Gasteiger partial charge in [0.05, 0.1) is 12.7 Å². The second-order valence-corrected chi connectivity index (χ2v) is 4.04. The molecular formula is C11H10Cl2O3. The van der Waals surface area contributed by atoms with Crippen molar-refractivity contribution >= 4 is 35.0 Å². The predicted molar refractivity (Wildman–Crippen MR) is 62.1 cm³/mol. The third kappa shape index (κ3) is 2.74. The Bertz CT molecular complexity index is 429. The van der Waals surface area contributed by atoms with Gasteiger partial charge >= 0.3 is 5.97 Å². The minimum absolute atomic E-state index is 0.231. The first kappa shape index (κ1) is 13.0. The molecule has 1 rings (SSSR count). The molecule has 0 fully saturated rings. The Morgan fingerprint density at radius 2 is 2.00 bits per heavy atom. The quantitative estimate of drug-likeness (QED) is 0.620. The highest BCUT2D eigenvalue weighted by Crippen LogP contribution is 2.29. The number of Topliss-reactive ketones (excluding diaryl/α,β-unsaturated/α-hetero) is 1. The zero-order valence-corrected chi connectivity index (χ0v) is 10.3. The Hall–Kier alpha value is -1.06. The second kappa shape index (κ2) is 5.32. The summed E-state index contributed by atoms with van der Waals surface area (Å²) in [6.07, 6.45) is 0. The zero-order valence-electron chi connectivity index (χ0n) is 8.79. The number of benzene rings is 1. The van der Waals surface area contributed by atoms with Crippen LogP contribution >= 0.6 is 23.2 Å². The molecule has 0 amide bonds. The number of alkyl halides is 1. The highest BCUT2D eigenvalue weighted by molar-refractivity contribution is 6.36. The van der Waals surface area contributed by atoms with E-state index in [9.17, 15) is 9.59 Å². The molecular weight excluding hydrogens is 251 g/mol. The smallest absolute Gasteiger partial charge is 0.337 e. The summed E-state index contributed by atoms with van der Waals surface area (Å²) in [5.41, 5.74) is 0.729. The number of rotatable bonds is 3. The first-order valence-corrected chi connectivity index (χ1v) is 5.31. The SMILES string of the molecule is COC(=O)c1ccc(Cl)c(C(Cl)C(C)=O)c1.